The predicted molar refractivity (Wildman–Crippen MR) is 59.6 cm³/mol. The Morgan fingerprint density at radius 1 is 1.53 bits per heavy atom. The van der Waals surface area contributed by atoms with Crippen LogP contribution < -0.4 is 0 Å². The lowest BCUT2D eigenvalue weighted by Crippen LogP contribution is -2.16. The van der Waals surface area contributed by atoms with Crippen molar-refractivity contribution in [2.75, 3.05) is 0 Å². The maximum absolute atomic E-state index is 10.8. The fraction of sp³-hybridized carbons (Fsp3) is 0.500. The zero-order valence-electron chi connectivity index (χ0n) is 9.27. The summed E-state index contributed by atoms with van der Waals surface area (Å²) < 4.78 is 0. The number of rotatable bonds is 4. The Labute approximate surface area is 90.5 Å². The summed E-state index contributed by atoms with van der Waals surface area (Å²) in [7, 11) is 0. The van der Waals surface area contributed by atoms with Crippen molar-refractivity contribution in [1.29, 1.82) is 0 Å². The van der Waals surface area contributed by atoms with Crippen LogP contribution in [-0.2, 0) is 9.59 Å². The number of hydrogen-bond donors (Lipinski definition) is 1. The first-order valence-corrected chi connectivity index (χ1v) is 5.28. The summed E-state index contributed by atoms with van der Waals surface area (Å²) in [6.07, 6.45) is 8.17. The highest BCUT2D eigenvalue weighted by molar-refractivity contribution is 5.77. The fourth-order valence-electron chi connectivity index (χ4n) is 1.37. The molecule has 1 rings (SSSR count). The van der Waals surface area contributed by atoms with E-state index in [0.717, 1.165) is 18.4 Å². The second kappa shape index (κ2) is 7.97. The first-order chi connectivity index (χ1) is 7.25. The van der Waals surface area contributed by atoms with Crippen molar-refractivity contribution in [2.45, 2.75) is 33.1 Å². The molecule has 0 radical (unpaired) electrons. The third kappa shape index (κ3) is 4.58. The van der Waals surface area contributed by atoms with Crippen molar-refractivity contribution in [1.82, 2.24) is 0 Å². The van der Waals surface area contributed by atoms with Crippen LogP contribution in [0, 0.1) is 5.92 Å². The lowest BCUT2D eigenvalue weighted by atomic mass is 9.92. The Hall–Kier alpha value is -1.38. The van der Waals surface area contributed by atoms with Gasteiger partial charge < -0.3 is 9.90 Å². The highest BCUT2D eigenvalue weighted by Crippen LogP contribution is 2.20. The van der Waals surface area contributed by atoms with Crippen molar-refractivity contribution in [2.24, 2.45) is 5.92 Å². The number of carbonyl (C=O) groups is 2. The fourth-order valence-corrected chi connectivity index (χ4v) is 1.37. The molecular formula is C12H18O3. The van der Waals surface area contributed by atoms with Crippen LogP contribution in [0.15, 0.2) is 23.8 Å². The Morgan fingerprint density at radius 3 is 2.60 bits per heavy atom. The van der Waals surface area contributed by atoms with E-state index in [1.54, 1.807) is 6.08 Å². The van der Waals surface area contributed by atoms with Gasteiger partial charge in [-0.25, -0.2) is 0 Å². The number of carboxylic acids is 1. The number of carbonyl (C=O) groups excluding carboxylic acids is 1. The smallest absolute Gasteiger partial charge is 0.311 e. The minimum absolute atomic E-state index is 0.0610. The van der Waals surface area contributed by atoms with Crippen molar-refractivity contribution >= 4 is 12.3 Å². The van der Waals surface area contributed by atoms with Crippen LogP contribution in [0.4, 0.5) is 0 Å². The predicted octanol–water partition coefficient (Wildman–Crippen LogP) is 2.58. The van der Waals surface area contributed by atoms with Gasteiger partial charge in [-0.05, 0) is 18.4 Å². The molecule has 0 amide bonds. The summed E-state index contributed by atoms with van der Waals surface area (Å²) in [6.45, 7) is 4.00. The maximum Gasteiger partial charge on any atom is 0.311 e. The average molecular weight is 210 g/mol. The van der Waals surface area contributed by atoms with E-state index >= 15 is 0 Å². The van der Waals surface area contributed by atoms with Crippen molar-refractivity contribution in [3.63, 3.8) is 0 Å². The van der Waals surface area contributed by atoms with E-state index in [-0.39, 0.29) is 6.42 Å². The van der Waals surface area contributed by atoms with Crippen LogP contribution in [0.3, 0.4) is 0 Å². The van der Waals surface area contributed by atoms with Crippen molar-refractivity contribution in [3.05, 3.63) is 23.8 Å². The molecule has 1 aliphatic carbocycles. The topological polar surface area (TPSA) is 54.4 Å². The van der Waals surface area contributed by atoms with Gasteiger partial charge in [0.15, 0.2) is 0 Å². The molecule has 0 aliphatic heterocycles. The summed E-state index contributed by atoms with van der Waals surface area (Å²) in [4.78, 5) is 21.0. The number of allylic oxidation sites excluding steroid dienone is 3. The zero-order valence-corrected chi connectivity index (χ0v) is 9.27. The molecule has 1 atom stereocenters. The monoisotopic (exact) mass is 210 g/mol. The Kier molecular flexibility index (Phi) is 7.24. The third-order valence-electron chi connectivity index (χ3n) is 2.06. The molecule has 0 aromatic carbocycles. The Bertz CT molecular complexity index is 264. The molecule has 0 fully saturated rings. The Morgan fingerprint density at radius 2 is 2.20 bits per heavy atom. The highest BCUT2D eigenvalue weighted by atomic mass is 16.4. The van der Waals surface area contributed by atoms with Gasteiger partial charge in [-0.15, -0.1) is 0 Å². The van der Waals surface area contributed by atoms with E-state index in [9.17, 15) is 9.59 Å². The van der Waals surface area contributed by atoms with Gasteiger partial charge in [0.2, 0.25) is 0 Å². The van der Waals surface area contributed by atoms with Crippen LogP contribution in [-0.4, -0.2) is 17.4 Å². The van der Waals surface area contributed by atoms with E-state index in [1.165, 1.54) is 0 Å². The molecule has 0 aromatic heterocycles. The molecular weight excluding hydrogens is 192 g/mol. The maximum atomic E-state index is 10.8. The highest BCUT2D eigenvalue weighted by Gasteiger charge is 2.20. The summed E-state index contributed by atoms with van der Waals surface area (Å²) >= 11 is 0. The number of carboxylic acid groups (broad SMARTS) is 1. The van der Waals surface area contributed by atoms with E-state index in [0.29, 0.717) is 6.29 Å². The number of hydrogen-bond acceptors (Lipinski definition) is 2. The van der Waals surface area contributed by atoms with E-state index < -0.39 is 11.9 Å². The summed E-state index contributed by atoms with van der Waals surface area (Å²) in [5, 5.41) is 8.82. The number of aldehydes is 1. The zero-order chi connectivity index (χ0) is 11.7. The summed E-state index contributed by atoms with van der Waals surface area (Å²) in [6, 6.07) is 0. The molecule has 15 heavy (non-hydrogen) atoms. The standard InChI is InChI=1S/C10H12O3.C2H6/c11-7-6-9(10(12)13)8-4-2-1-3-5-8;1-2/h2,4-5,7,9H,1,3,6H2,(H,12,13);1-2H3/t9-;/m1./s1. The third-order valence-corrected chi connectivity index (χ3v) is 2.06. The molecule has 1 N–H and O–H groups in total. The average Bonchev–Trinajstić information content (AvgIpc) is 2.29. The molecule has 0 unspecified atom stereocenters. The molecule has 0 heterocycles. The molecule has 0 spiro atoms. The largest absolute Gasteiger partial charge is 0.481 e. The lowest BCUT2D eigenvalue weighted by Gasteiger charge is -2.12. The van der Waals surface area contributed by atoms with Gasteiger partial charge in [-0.3, -0.25) is 4.79 Å². The SMILES string of the molecule is CC.O=CC[C@@H](C(=O)O)C1=CCCC=C1. The van der Waals surface area contributed by atoms with Crippen LogP contribution >= 0.6 is 0 Å². The van der Waals surface area contributed by atoms with Crippen LogP contribution in [0.5, 0.6) is 0 Å². The molecule has 0 saturated carbocycles. The lowest BCUT2D eigenvalue weighted by molar-refractivity contribution is -0.141. The molecule has 84 valence electrons. The van der Waals surface area contributed by atoms with Crippen LogP contribution in [0.2, 0.25) is 0 Å². The second-order valence-electron chi connectivity index (χ2n) is 2.98. The van der Waals surface area contributed by atoms with E-state index in [2.05, 4.69) is 0 Å². The molecule has 0 aromatic rings. The van der Waals surface area contributed by atoms with Gasteiger partial charge in [0.25, 0.3) is 0 Å². The van der Waals surface area contributed by atoms with Gasteiger partial charge in [0, 0.05) is 6.42 Å². The number of aliphatic carboxylic acids is 1. The van der Waals surface area contributed by atoms with Crippen molar-refractivity contribution < 1.29 is 14.7 Å². The van der Waals surface area contributed by atoms with Gasteiger partial charge in [-0.1, -0.05) is 32.1 Å². The van der Waals surface area contributed by atoms with Gasteiger partial charge in [0.1, 0.15) is 6.29 Å². The van der Waals surface area contributed by atoms with Crippen LogP contribution in [0.25, 0.3) is 0 Å². The normalized spacial score (nSPS) is 15.7. The van der Waals surface area contributed by atoms with Gasteiger partial charge >= 0.3 is 5.97 Å². The molecule has 0 bridgehead atoms. The molecule has 0 saturated heterocycles. The summed E-state index contributed by atoms with van der Waals surface area (Å²) in [5.74, 6) is -1.58. The van der Waals surface area contributed by atoms with E-state index in [1.807, 2.05) is 26.0 Å². The second-order valence-corrected chi connectivity index (χ2v) is 2.98. The first-order valence-electron chi connectivity index (χ1n) is 5.28. The Balaban J connectivity index is 0.000000921. The van der Waals surface area contributed by atoms with Crippen molar-refractivity contribution in [3.8, 4) is 0 Å². The summed E-state index contributed by atoms with van der Waals surface area (Å²) in [5.41, 5.74) is 0.755. The first kappa shape index (κ1) is 13.6. The van der Waals surface area contributed by atoms with Gasteiger partial charge in [-0.2, -0.15) is 0 Å². The molecule has 3 heteroatoms. The molecule has 3 nitrogen and oxygen atoms in total. The minimum atomic E-state index is -0.926. The quantitative estimate of drug-likeness (QED) is 0.725. The van der Waals surface area contributed by atoms with E-state index in [4.69, 9.17) is 5.11 Å². The van der Waals surface area contributed by atoms with Gasteiger partial charge in [0.05, 0.1) is 5.92 Å². The molecule has 1 aliphatic rings. The van der Waals surface area contributed by atoms with Crippen LogP contribution in [0.1, 0.15) is 33.1 Å². The minimum Gasteiger partial charge on any atom is -0.481 e.